The van der Waals surface area contributed by atoms with Crippen LogP contribution in [0.3, 0.4) is 0 Å². The largest absolute Gasteiger partial charge is 0.352 e. The molecule has 3 rings (SSSR count). The zero-order valence-electron chi connectivity index (χ0n) is 16.4. The van der Waals surface area contributed by atoms with Crippen molar-refractivity contribution in [2.45, 2.75) is 51.7 Å². The lowest BCUT2D eigenvalue weighted by Crippen LogP contribution is -2.36. The maximum Gasteiger partial charge on any atom is 0.252 e. The van der Waals surface area contributed by atoms with Crippen LogP contribution < -0.4 is 10.6 Å². The third kappa shape index (κ3) is 6.17. The van der Waals surface area contributed by atoms with Crippen LogP contribution in [0.1, 0.15) is 54.1 Å². The van der Waals surface area contributed by atoms with Crippen molar-refractivity contribution < 1.29 is 9.59 Å². The maximum absolute atomic E-state index is 12.0. The van der Waals surface area contributed by atoms with Gasteiger partial charge in [-0.05, 0) is 48.9 Å². The van der Waals surface area contributed by atoms with E-state index in [-0.39, 0.29) is 18.2 Å². The van der Waals surface area contributed by atoms with Crippen LogP contribution >= 0.6 is 11.3 Å². The van der Waals surface area contributed by atoms with E-state index in [1.165, 1.54) is 42.7 Å². The topological polar surface area (TPSA) is 61.4 Å². The molecule has 1 unspecified atom stereocenters. The Morgan fingerprint density at radius 3 is 2.61 bits per heavy atom. The van der Waals surface area contributed by atoms with Gasteiger partial charge < -0.3 is 10.6 Å². The van der Waals surface area contributed by atoms with Crippen molar-refractivity contribution in [1.29, 1.82) is 0 Å². The second-order valence-corrected chi connectivity index (χ2v) is 8.21. The van der Waals surface area contributed by atoms with Crippen LogP contribution in [0.5, 0.6) is 0 Å². The van der Waals surface area contributed by atoms with Crippen LogP contribution in [0, 0.1) is 0 Å². The number of hydrogen-bond acceptors (Lipinski definition) is 4. The molecule has 1 saturated heterocycles. The molecule has 2 N–H and O–H groups in total. The molecule has 0 spiro atoms. The maximum atomic E-state index is 12.0. The highest BCUT2D eigenvalue weighted by atomic mass is 32.1. The van der Waals surface area contributed by atoms with E-state index >= 15 is 0 Å². The van der Waals surface area contributed by atoms with Crippen molar-refractivity contribution in [3.8, 4) is 0 Å². The molecule has 1 aliphatic heterocycles. The average molecular weight is 400 g/mol. The Balaban J connectivity index is 1.36. The quantitative estimate of drug-likeness (QED) is 0.713. The summed E-state index contributed by atoms with van der Waals surface area (Å²) in [4.78, 5) is 26.4. The number of piperidine rings is 1. The molecule has 0 aliphatic carbocycles. The van der Waals surface area contributed by atoms with Crippen molar-refractivity contribution in [2.24, 2.45) is 0 Å². The summed E-state index contributed by atoms with van der Waals surface area (Å²) in [6.07, 6.45) is 4.20. The lowest BCUT2D eigenvalue weighted by Gasteiger charge is -2.33. The Kier molecular flexibility index (Phi) is 7.62. The normalized spacial score (nSPS) is 17.2. The summed E-state index contributed by atoms with van der Waals surface area (Å²) in [5.41, 5.74) is 3.05. The van der Waals surface area contributed by atoms with Crippen LogP contribution in [0.4, 0.5) is 0 Å². The van der Waals surface area contributed by atoms with Gasteiger partial charge in [0, 0.05) is 43.0 Å². The Morgan fingerprint density at radius 2 is 1.89 bits per heavy atom. The van der Waals surface area contributed by atoms with Crippen molar-refractivity contribution in [1.82, 2.24) is 15.5 Å². The molecule has 2 amide bonds. The van der Waals surface area contributed by atoms with Gasteiger partial charge in [-0.1, -0.05) is 30.7 Å². The summed E-state index contributed by atoms with van der Waals surface area (Å²) in [5.74, 6) is -0.190. The first-order chi connectivity index (χ1) is 13.6. The van der Waals surface area contributed by atoms with Crippen molar-refractivity contribution in [3.05, 3.63) is 57.8 Å². The fourth-order valence-electron chi connectivity index (χ4n) is 3.46. The number of hydrogen-bond donors (Lipinski definition) is 2. The minimum Gasteiger partial charge on any atom is -0.352 e. The molecule has 0 bridgehead atoms. The van der Waals surface area contributed by atoms with Crippen molar-refractivity contribution >= 4 is 23.2 Å². The van der Waals surface area contributed by atoms with Crippen LogP contribution in [-0.4, -0.2) is 35.8 Å². The van der Waals surface area contributed by atoms with Crippen LogP contribution in [0.25, 0.3) is 0 Å². The SMILES string of the molecule is CC1CCCCN1Cc1ccc(CNC(=O)CCNC(=O)c2ccsc2)cc1. The van der Waals surface area contributed by atoms with Crippen LogP contribution in [-0.2, 0) is 17.9 Å². The van der Waals surface area contributed by atoms with Crippen LogP contribution in [0.2, 0.25) is 0 Å². The zero-order valence-corrected chi connectivity index (χ0v) is 17.3. The summed E-state index contributed by atoms with van der Waals surface area (Å²) >= 11 is 1.48. The first-order valence-electron chi connectivity index (χ1n) is 10.0. The number of rotatable bonds is 8. The lowest BCUT2D eigenvalue weighted by atomic mass is 10.0. The fourth-order valence-corrected chi connectivity index (χ4v) is 4.10. The second kappa shape index (κ2) is 10.4. The predicted octanol–water partition coefficient (Wildman–Crippen LogP) is 3.56. The van der Waals surface area contributed by atoms with Crippen molar-refractivity contribution in [2.75, 3.05) is 13.1 Å². The van der Waals surface area contributed by atoms with Gasteiger partial charge in [-0.2, -0.15) is 11.3 Å². The molecule has 0 saturated carbocycles. The Morgan fingerprint density at radius 1 is 1.11 bits per heavy atom. The van der Waals surface area contributed by atoms with Gasteiger partial charge in [0.2, 0.25) is 5.91 Å². The standard InChI is InChI=1S/C22H29N3O2S/c1-17-4-2-3-12-25(17)15-19-7-5-18(6-8-19)14-24-21(26)9-11-23-22(27)20-10-13-28-16-20/h5-8,10,13,16-17H,2-4,9,11-12,14-15H2,1H3,(H,23,27)(H,24,26). The molecule has 1 aliphatic rings. The molecule has 1 fully saturated rings. The number of nitrogens with zero attached hydrogens (tertiary/aromatic N) is 1. The van der Waals surface area contributed by atoms with E-state index in [0.29, 0.717) is 24.7 Å². The fraction of sp³-hybridized carbons (Fsp3) is 0.455. The smallest absolute Gasteiger partial charge is 0.252 e. The molecule has 6 heteroatoms. The number of benzene rings is 1. The van der Waals surface area contributed by atoms with Gasteiger partial charge in [-0.15, -0.1) is 0 Å². The Bertz CT molecular complexity index is 759. The van der Waals surface area contributed by atoms with E-state index in [1.807, 2.05) is 5.38 Å². The van der Waals surface area contributed by atoms with E-state index in [9.17, 15) is 9.59 Å². The summed E-state index contributed by atoms with van der Waals surface area (Å²) in [5, 5.41) is 9.34. The first-order valence-corrected chi connectivity index (χ1v) is 10.9. The van der Waals surface area contributed by atoms with Gasteiger partial charge >= 0.3 is 0 Å². The van der Waals surface area contributed by atoms with Gasteiger partial charge in [0.25, 0.3) is 5.91 Å². The number of carbonyl (C=O) groups is 2. The predicted molar refractivity (Wildman–Crippen MR) is 113 cm³/mol. The highest BCUT2D eigenvalue weighted by Crippen LogP contribution is 2.19. The molecular weight excluding hydrogens is 370 g/mol. The van der Waals surface area contributed by atoms with E-state index < -0.39 is 0 Å². The summed E-state index contributed by atoms with van der Waals surface area (Å²) in [6.45, 7) is 5.34. The summed E-state index contributed by atoms with van der Waals surface area (Å²) < 4.78 is 0. The van der Waals surface area contributed by atoms with Crippen molar-refractivity contribution in [3.63, 3.8) is 0 Å². The molecule has 1 aromatic heterocycles. The van der Waals surface area contributed by atoms with Gasteiger partial charge in [0.15, 0.2) is 0 Å². The summed E-state index contributed by atoms with van der Waals surface area (Å²) in [7, 11) is 0. The minimum atomic E-state index is -0.132. The third-order valence-corrected chi connectivity index (χ3v) is 5.94. The lowest BCUT2D eigenvalue weighted by molar-refractivity contribution is -0.121. The molecule has 1 atom stereocenters. The van der Waals surface area contributed by atoms with Crippen LogP contribution in [0.15, 0.2) is 41.1 Å². The molecule has 5 nitrogen and oxygen atoms in total. The van der Waals surface area contributed by atoms with E-state index in [0.717, 1.165) is 12.1 Å². The Labute approximate surface area is 171 Å². The Hall–Kier alpha value is -2.18. The van der Waals surface area contributed by atoms with E-state index in [4.69, 9.17) is 0 Å². The monoisotopic (exact) mass is 399 g/mol. The highest BCUT2D eigenvalue weighted by molar-refractivity contribution is 7.08. The zero-order chi connectivity index (χ0) is 19.8. The molecule has 150 valence electrons. The number of amides is 2. The first kappa shape index (κ1) is 20.6. The number of thiophene rings is 1. The highest BCUT2D eigenvalue weighted by Gasteiger charge is 2.17. The number of carbonyl (C=O) groups excluding carboxylic acids is 2. The average Bonchev–Trinajstić information content (AvgIpc) is 3.24. The van der Waals surface area contributed by atoms with Gasteiger partial charge in [-0.3, -0.25) is 14.5 Å². The third-order valence-electron chi connectivity index (χ3n) is 5.26. The molecule has 28 heavy (non-hydrogen) atoms. The number of nitrogens with one attached hydrogen (secondary N) is 2. The van der Waals surface area contributed by atoms with Gasteiger partial charge in [0.05, 0.1) is 0 Å². The van der Waals surface area contributed by atoms with E-state index in [2.05, 4.69) is 46.7 Å². The number of likely N-dealkylation sites (tertiary alicyclic amines) is 1. The molecule has 2 heterocycles. The molecular formula is C22H29N3O2S. The second-order valence-electron chi connectivity index (χ2n) is 7.43. The minimum absolute atomic E-state index is 0.0585. The molecule has 2 aromatic rings. The summed E-state index contributed by atoms with van der Waals surface area (Å²) in [6, 6.07) is 10.9. The molecule has 1 aromatic carbocycles. The van der Waals surface area contributed by atoms with E-state index in [1.54, 1.807) is 11.4 Å². The van der Waals surface area contributed by atoms with Gasteiger partial charge in [0.1, 0.15) is 0 Å². The van der Waals surface area contributed by atoms with Gasteiger partial charge in [-0.25, -0.2) is 0 Å². The molecule has 0 radical (unpaired) electrons.